The zero-order valence-electron chi connectivity index (χ0n) is 26.1. The number of carbonyl (C=O) groups is 1. The second-order valence-electron chi connectivity index (χ2n) is 10.2. The van der Waals surface area contributed by atoms with Crippen molar-refractivity contribution in [2.24, 2.45) is 18.6 Å². The number of anilines is 1. The number of aryl methyl sites for hydroxylation is 2. The Balaban J connectivity index is 0.000000436. The van der Waals surface area contributed by atoms with E-state index in [9.17, 15) is 18.0 Å². The van der Waals surface area contributed by atoms with Crippen LogP contribution in [0.5, 0.6) is 0 Å². The second-order valence-corrected chi connectivity index (χ2v) is 10.2. The Hall–Kier alpha value is -3.49. The third-order valence-corrected chi connectivity index (χ3v) is 6.29. The molecule has 2 aromatic rings. The van der Waals surface area contributed by atoms with Gasteiger partial charge in [0.1, 0.15) is 0 Å². The molecule has 0 aliphatic carbocycles. The molecule has 1 aromatic heterocycles. The number of nitrogens with one attached hydrogen (secondary N) is 2. The van der Waals surface area contributed by atoms with Crippen LogP contribution in [0, 0.1) is 13.8 Å². The van der Waals surface area contributed by atoms with Gasteiger partial charge < -0.3 is 30.8 Å². The Bertz CT molecular complexity index is 1250. The van der Waals surface area contributed by atoms with Crippen molar-refractivity contribution < 1.29 is 27.4 Å². The van der Waals surface area contributed by atoms with Gasteiger partial charge in [0.25, 0.3) is 5.91 Å². The average molecular weight is 610 g/mol. The minimum Gasteiger partial charge on any atom is -0.379 e. The summed E-state index contributed by atoms with van der Waals surface area (Å²) in [5, 5.41) is 6.51. The molecule has 43 heavy (non-hydrogen) atoms. The van der Waals surface area contributed by atoms with E-state index in [1.54, 1.807) is 19.1 Å². The summed E-state index contributed by atoms with van der Waals surface area (Å²) in [5.74, 6) is 4.79. The summed E-state index contributed by atoms with van der Waals surface area (Å²) in [7, 11) is 5.35. The second kappa shape index (κ2) is 18.2. The van der Waals surface area contributed by atoms with Crippen molar-refractivity contribution in [1.29, 1.82) is 0 Å². The first-order valence-electron chi connectivity index (χ1n) is 13.6. The molecular formula is C30H46F3N7O3. The van der Waals surface area contributed by atoms with Crippen LogP contribution < -0.4 is 22.3 Å². The molecule has 240 valence electrons. The number of nitrogen functional groups attached to an aromatic ring is 1. The average Bonchev–Trinajstić information content (AvgIpc) is 3.27. The molecule has 2 heterocycles. The monoisotopic (exact) mass is 609 g/mol. The highest BCUT2D eigenvalue weighted by Gasteiger charge is 2.32. The maximum atomic E-state index is 13.2. The predicted octanol–water partition coefficient (Wildman–Crippen LogP) is 4.30. The van der Waals surface area contributed by atoms with Gasteiger partial charge in [-0.2, -0.15) is 18.3 Å². The van der Waals surface area contributed by atoms with E-state index in [-0.39, 0.29) is 29.5 Å². The molecule has 0 spiro atoms. The number of alkyl halides is 3. The van der Waals surface area contributed by atoms with E-state index in [1.807, 2.05) is 31.8 Å². The fourth-order valence-corrected chi connectivity index (χ4v) is 3.68. The molecule has 1 saturated heterocycles. The van der Waals surface area contributed by atoms with Crippen LogP contribution in [0.15, 0.2) is 60.0 Å². The third-order valence-electron chi connectivity index (χ3n) is 6.29. The lowest BCUT2D eigenvalue weighted by Gasteiger charge is -2.21. The number of rotatable bonds is 8. The van der Waals surface area contributed by atoms with Gasteiger partial charge in [0.2, 0.25) is 0 Å². The highest BCUT2D eigenvalue weighted by atomic mass is 19.4. The minimum absolute atomic E-state index is 0.0369. The van der Waals surface area contributed by atoms with Gasteiger partial charge in [-0.3, -0.25) is 15.3 Å². The number of morpholine rings is 1. The maximum Gasteiger partial charge on any atom is 0.416 e. The van der Waals surface area contributed by atoms with E-state index in [0.717, 1.165) is 55.3 Å². The Morgan fingerprint density at radius 3 is 2.26 bits per heavy atom. The summed E-state index contributed by atoms with van der Waals surface area (Å²) in [5.41, 5.74) is 11.3. The number of nitrogens with zero attached hydrogens (tertiary/aromatic N) is 3. The number of hydrazine groups is 1. The van der Waals surface area contributed by atoms with Crippen molar-refractivity contribution in [1.82, 2.24) is 20.0 Å². The molecule has 0 saturated carbocycles. The molecule has 0 radical (unpaired) electrons. The van der Waals surface area contributed by atoms with Crippen LogP contribution in [0.3, 0.4) is 0 Å². The van der Waals surface area contributed by atoms with E-state index in [4.69, 9.17) is 21.1 Å². The lowest BCUT2D eigenvalue weighted by atomic mass is 10.1. The predicted molar refractivity (Wildman–Crippen MR) is 164 cm³/mol. The number of carbonyl (C=O) groups excluding carboxylic acids is 1. The number of hydrogen-bond donors (Lipinski definition) is 4. The molecule has 3 rings (SSSR count). The minimum atomic E-state index is -4.59. The van der Waals surface area contributed by atoms with Gasteiger partial charge in [0.05, 0.1) is 37.3 Å². The van der Waals surface area contributed by atoms with Crippen LogP contribution in [-0.2, 0) is 16.5 Å². The number of amides is 1. The largest absolute Gasteiger partial charge is 0.416 e. The van der Waals surface area contributed by atoms with E-state index in [2.05, 4.69) is 34.4 Å². The molecule has 1 aliphatic rings. The van der Waals surface area contributed by atoms with Gasteiger partial charge in [-0.05, 0) is 64.6 Å². The highest BCUT2D eigenvalue weighted by molar-refractivity contribution is 5.96. The number of likely N-dealkylation sites (N-methyl/N-ethyl adjacent to an activating group) is 1. The Morgan fingerprint density at radius 2 is 1.86 bits per heavy atom. The van der Waals surface area contributed by atoms with Crippen molar-refractivity contribution >= 4 is 11.6 Å². The van der Waals surface area contributed by atoms with Crippen molar-refractivity contribution in [2.45, 2.75) is 39.9 Å². The van der Waals surface area contributed by atoms with E-state index in [1.165, 1.54) is 20.1 Å². The molecule has 13 heteroatoms. The van der Waals surface area contributed by atoms with Gasteiger partial charge >= 0.3 is 6.18 Å². The van der Waals surface area contributed by atoms with E-state index in [0.29, 0.717) is 5.69 Å². The Kier molecular flexibility index (Phi) is 15.9. The Morgan fingerprint density at radius 1 is 1.23 bits per heavy atom. The van der Waals surface area contributed by atoms with E-state index < -0.39 is 17.7 Å². The molecule has 6 N–H and O–H groups in total. The van der Waals surface area contributed by atoms with Crippen molar-refractivity contribution in [3.63, 3.8) is 0 Å². The first-order chi connectivity index (χ1) is 20.1. The van der Waals surface area contributed by atoms with Gasteiger partial charge in [0.15, 0.2) is 0 Å². The van der Waals surface area contributed by atoms with Crippen molar-refractivity contribution in [3.8, 4) is 0 Å². The number of methoxy groups -OCH3 is 1. The quantitative estimate of drug-likeness (QED) is 0.198. The summed E-state index contributed by atoms with van der Waals surface area (Å²) in [6.45, 7) is 14.5. The smallest absolute Gasteiger partial charge is 0.379 e. The van der Waals surface area contributed by atoms with Crippen LogP contribution in [0.4, 0.5) is 18.9 Å². The molecule has 1 unspecified atom stereocenters. The molecule has 1 amide bonds. The number of halogens is 3. The molecular weight excluding hydrogens is 563 g/mol. The lowest BCUT2D eigenvalue weighted by Crippen LogP contribution is -2.32. The Labute approximate surface area is 252 Å². The van der Waals surface area contributed by atoms with Crippen LogP contribution in [-0.4, -0.2) is 73.8 Å². The summed E-state index contributed by atoms with van der Waals surface area (Å²) in [4.78, 5) is 14.6. The third kappa shape index (κ3) is 13.6. The van der Waals surface area contributed by atoms with Gasteiger partial charge in [-0.25, -0.2) is 0 Å². The molecule has 1 atom stereocenters. The van der Waals surface area contributed by atoms with Gasteiger partial charge in [0, 0.05) is 55.8 Å². The lowest BCUT2D eigenvalue weighted by molar-refractivity contribution is -0.0883. The first kappa shape index (κ1) is 37.5. The summed E-state index contributed by atoms with van der Waals surface area (Å²) in [6.07, 6.45) is -1.06. The zero-order valence-corrected chi connectivity index (χ0v) is 26.1. The number of hydrogen-bond acceptors (Lipinski definition) is 8. The highest BCUT2D eigenvalue weighted by Crippen LogP contribution is 2.28. The number of nitrogens with two attached hydrogens (primary N) is 2. The van der Waals surface area contributed by atoms with Crippen LogP contribution >= 0.6 is 0 Å². The maximum absolute atomic E-state index is 13.2. The van der Waals surface area contributed by atoms with Crippen molar-refractivity contribution in [2.75, 3.05) is 52.5 Å². The molecule has 1 aromatic carbocycles. The fourth-order valence-electron chi connectivity index (χ4n) is 3.68. The van der Waals surface area contributed by atoms with Crippen LogP contribution in [0.25, 0.3) is 0 Å². The van der Waals surface area contributed by atoms with Crippen molar-refractivity contribution in [3.05, 3.63) is 82.4 Å². The molecule has 0 bridgehead atoms. The molecule has 10 nitrogen and oxygen atoms in total. The zero-order chi connectivity index (χ0) is 32.7. The van der Waals surface area contributed by atoms with E-state index >= 15 is 0 Å². The van der Waals surface area contributed by atoms with Crippen LogP contribution in [0.2, 0.25) is 0 Å². The SMILES string of the molecule is C=C(C)/C=C(\C=C(/COC)NC(=O)c1ccc(C)c(NN)c1)C(F)(F)F.CN1CCOCC1.Cc1c(C(C)N)cnn1C. The van der Waals surface area contributed by atoms with Gasteiger partial charge in [-0.1, -0.05) is 18.2 Å². The standard InChI is InChI=1S/C18H22F3N3O2.C7H13N3.C5H11NO/c1-11(2)7-14(18(19,20)21)9-15(10-26-4)23-17(25)13-6-5-12(3)16(8-13)24-22;1-5(8)7-4-9-10(3)6(7)2;1-6-2-4-7-5-3-6/h5-9,24H,1,10,22H2,2-4H3,(H,23,25);4-5H,8H2,1-3H3;2-5H2,1H3/b14-7+,15-9+;;. The topological polar surface area (TPSA) is 133 Å². The number of aromatic nitrogens is 2. The normalized spacial score (nSPS) is 15.0. The molecule has 1 aliphatic heterocycles. The first-order valence-corrected chi connectivity index (χ1v) is 13.6. The summed E-state index contributed by atoms with van der Waals surface area (Å²) >= 11 is 0. The van der Waals surface area contributed by atoms with Crippen LogP contribution in [0.1, 0.15) is 47.1 Å². The number of ether oxygens (including phenoxy) is 2. The molecule has 1 fully saturated rings. The number of allylic oxidation sites excluding steroid dienone is 4. The summed E-state index contributed by atoms with van der Waals surface area (Å²) < 4.78 is 51.3. The van der Waals surface area contributed by atoms with Gasteiger partial charge in [-0.15, -0.1) is 0 Å². The fraction of sp³-hybridized carbons (Fsp3) is 0.467. The summed E-state index contributed by atoms with van der Waals surface area (Å²) in [6, 6.07) is 4.81. The number of benzene rings is 1.